The molecule has 3 aromatic rings. The summed E-state index contributed by atoms with van der Waals surface area (Å²) in [5.74, 6) is -0.292. The predicted molar refractivity (Wildman–Crippen MR) is 100 cm³/mol. The molecule has 0 saturated carbocycles. The molecule has 6 heteroatoms. The van der Waals surface area contributed by atoms with Gasteiger partial charge < -0.3 is 20.4 Å². The third-order valence-corrected chi connectivity index (χ3v) is 4.02. The molecule has 0 aliphatic carbocycles. The van der Waals surface area contributed by atoms with Crippen molar-refractivity contribution in [2.45, 2.75) is 13.0 Å². The van der Waals surface area contributed by atoms with Crippen molar-refractivity contribution in [3.8, 4) is 5.75 Å². The van der Waals surface area contributed by atoms with Gasteiger partial charge >= 0.3 is 0 Å². The first kappa shape index (κ1) is 17.5. The van der Waals surface area contributed by atoms with Crippen LogP contribution in [0, 0.1) is 0 Å². The number of carbonyl (C=O) groups excluding carboxylic acids is 2. The van der Waals surface area contributed by atoms with E-state index in [0.29, 0.717) is 17.9 Å². The number of benzene rings is 2. The van der Waals surface area contributed by atoms with Gasteiger partial charge in [-0.25, -0.2) is 0 Å². The average molecular weight is 351 g/mol. The molecule has 0 saturated heterocycles. The van der Waals surface area contributed by atoms with Gasteiger partial charge in [-0.2, -0.15) is 0 Å². The van der Waals surface area contributed by atoms with Crippen LogP contribution >= 0.6 is 0 Å². The van der Waals surface area contributed by atoms with Crippen LogP contribution in [0.4, 0.5) is 0 Å². The summed E-state index contributed by atoms with van der Waals surface area (Å²) in [4.78, 5) is 23.0. The summed E-state index contributed by atoms with van der Waals surface area (Å²) in [6.07, 6.45) is 2.88. The molecular formula is C20H21N3O3. The Balaban J connectivity index is 1.49. The number of amides is 2. The number of carbonyl (C=O) groups is 2. The number of hydrogen-bond acceptors (Lipinski definition) is 3. The molecule has 0 aliphatic rings. The highest BCUT2D eigenvalue weighted by atomic mass is 16.5. The summed E-state index contributed by atoms with van der Waals surface area (Å²) < 4.78 is 7.40. The molecule has 3 N–H and O–H groups in total. The monoisotopic (exact) mass is 351 g/mol. The molecule has 3 rings (SSSR count). The quantitative estimate of drug-likeness (QED) is 0.611. The maximum absolute atomic E-state index is 12.2. The SMILES string of the molecule is NC(=O)COc1cccc(C(=O)NCCCn2ccc3ccccc32)c1. The minimum Gasteiger partial charge on any atom is -0.484 e. The standard InChI is InChI=1S/C20H21N3O3/c21-19(24)14-26-17-7-3-6-16(13-17)20(25)22-10-4-11-23-12-9-15-5-1-2-8-18(15)23/h1-3,5-9,12-13H,4,10-11,14H2,(H2,21,24)(H,22,25). The van der Waals surface area contributed by atoms with Gasteiger partial charge in [0.25, 0.3) is 11.8 Å². The van der Waals surface area contributed by atoms with E-state index >= 15 is 0 Å². The van der Waals surface area contributed by atoms with Crippen molar-refractivity contribution < 1.29 is 14.3 Å². The van der Waals surface area contributed by atoms with E-state index in [1.54, 1.807) is 24.3 Å². The van der Waals surface area contributed by atoms with E-state index < -0.39 is 5.91 Å². The van der Waals surface area contributed by atoms with Crippen LogP contribution in [0.3, 0.4) is 0 Å². The number of aryl methyl sites for hydroxylation is 1. The van der Waals surface area contributed by atoms with E-state index in [4.69, 9.17) is 10.5 Å². The Hall–Kier alpha value is -3.28. The fourth-order valence-electron chi connectivity index (χ4n) is 2.77. The highest BCUT2D eigenvalue weighted by Gasteiger charge is 2.07. The number of nitrogens with one attached hydrogen (secondary N) is 1. The number of ether oxygens (including phenoxy) is 1. The second-order valence-electron chi connectivity index (χ2n) is 5.96. The van der Waals surface area contributed by atoms with Gasteiger partial charge in [0, 0.05) is 30.4 Å². The lowest BCUT2D eigenvalue weighted by molar-refractivity contribution is -0.119. The number of nitrogens with zero attached hydrogens (tertiary/aromatic N) is 1. The van der Waals surface area contributed by atoms with Gasteiger partial charge in [-0.3, -0.25) is 9.59 Å². The molecule has 2 amide bonds. The molecular weight excluding hydrogens is 330 g/mol. The van der Waals surface area contributed by atoms with Gasteiger partial charge in [0.2, 0.25) is 0 Å². The molecule has 6 nitrogen and oxygen atoms in total. The molecule has 134 valence electrons. The predicted octanol–water partition coefficient (Wildman–Crippen LogP) is 2.33. The Bertz CT molecular complexity index is 917. The first-order chi connectivity index (χ1) is 12.6. The van der Waals surface area contributed by atoms with Crippen molar-refractivity contribution in [3.63, 3.8) is 0 Å². The van der Waals surface area contributed by atoms with Gasteiger partial charge in [-0.05, 0) is 42.1 Å². The van der Waals surface area contributed by atoms with Crippen molar-refractivity contribution in [2.75, 3.05) is 13.2 Å². The van der Waals surface area contributed by atoms with Gasteiger partial charge in [-0.1, -0.05) is 24.3 Å². The van der Waals surface area contributed by atoms with Crippen molar-refractivity contribution >= 4 is 22.7 Å². The Morgan fingerprint density at radius 2 is 1.92 bits per heavy atom. The summed E-state index contributed by atoms with van der Waals surface area (Å²) in [5.41, 5.74) is 6.73. The van der Waals surface area contributed by atoms with E-state index in [9.17, 15) is 9.59 Å². The Kier molecular flexibility index (Phi) is 5.53. The lowest BCUT2D eigenvalue weighted by atomic mass is 10.2. The van der Waals surface area contributed by atoms with Crippen LogP contribution in [0.2, 0.25) is 0 Å². The third-order valence-electron chi connectivity index (χ3n) is 4.02. The van der Waals surface area contributed by atoms with Crippen LogP contribution in [0.1, 0.15) is 16.8 Å². The van der Waals surface area contributed by atoms with E-state index in [-0.39, 0.29) is 12.5 Å². The van der Waals surface area contributed by atoms with Crippen LogP contribution < -0.4 is 15.8 Å². The molecule has 1 aromatic heterocycles. The van der Waals surface area contributed by atoms with E-state index in [1.165, 1.54) is 10.9 Å². The first-order valence-electron chi connectivity index (χ1n) is 8.47. The lowest BCUT2D eigenvalue weighted by Crippen LogP contribution is -2.25. The fourth-order valence-corrected chi connectivity index (χ4v) is 2.77. The number of para-hydroxylation sites is 1. The minimum atomic E-state index is -0.558. The summed E-state index contributed by atoms with van der Waals surface area (Å²) in [6.45, 7) is 1.18. The van der Waals surface area contributed by atoms with Crippen LogP contribution in [0.25, 0.3) is 10.9 Å². The summed E-state index contributed by atoms with van der Waals surface area (Å²) in [6, 6.07) is 17.0. The molecule has 0 fully saturated rings. The molecule has 0 bridgehead atoms. The summed E-state index contributed by atoms with van der Waals surface area (Å²) in [5, 5.41) is 4.11. The molecule has 0 spiro atoms. The number of primary amides is 1. The number of aromatic nitrogens is 1. The maximum atomic E-state index is 12.2. The Morgan fingerprint density at radius 1 is 1.08 bits per heavy atom. The molecule has 1 heterocycles. The second-order valence-corrected chi connectivity index (χ2v) is 5.96. The zero-order valence-electron chi connectivity index (χ0n) is 14.4. The Labute approximate surface area is 151 Å². The van der Waals surface area contributed by atoms with Gasteiger partial charge in [-0.15, -0.1) is 0 Å². The van der Waals surface area contributed by atoms with Crippen LogP contribution in [-0.4, -0.2) is 29.5 Å². The van der Waals surface area contributed by atoms with Gasteiger partial charge in [0.05, 0.1) is 0 Å². The molecule has 0 atom stereocenters. The summed E-state index contributed by atoms with van der Waals surface area (Å²) >= 11 is 0. The maximum Gasteiger partial charge on any atom is 0.255 e. The largest absolute Gasteiger partial charge is 0.484 e. The molecule has 26 heavy (non-hydrogen) atoms. The first-order valence-corrected chi connectivity index (χ1v) is 8.47. The highest BCUT2D eigenvalue weighted by molar-refractivity contribution is 5.94. The van der Waals surface area contributed by atoms with Crippen LogP contribution in [0.15, 0.2) is 60.8 Å². The van der Waals surface area contributed by atoms with Crippen LogP contribution in [-0.2, 0) is 11.3 Å². The van der Waals surface area contributed by atoms with Crippen molar-refractivity contribution in [1.82, 2.24) is 9.88 Å². The van der Waals surface area contributed by atoms with E-state index in [0.717, 1.165) is 13.0 Å². The Morgan fingerprint density at radius 3 is 2.77 bits per heavy atom. The number of nitrogens with two attached hydrogens (primary N) is 1. The number of hydrogen-bond donors (Lipinski definition) is 2. The molecule has 0 aliphatic heterocycles. The normalized spacial score (nSPS) is 10.6. The highest BCUT2D eigenvalue weighted by Crippen LogP contribution is 2.15. The van der Waals surface area contributed by atoms with E-state index in [2.05, 4.69) is 34.3 Å². The van der Waals surface area contributed by atoms with Crippen LogP contribution in [0.5, 0.6) is 5.75 Å². The second kappa shape index (κ2) is 8.20. The number of fused-ring (bicyclic) bond motifs is 1. The van der Waals surface area contributed by atoms with Gasteiger partial charge in [0.15, 0.2) is 6.61 Å². The lowest BCUT2D eigenvalue weighted by Gasteiger charge is -2.09. The summed E-state index contributed by atoms with van der Waals surface area (Å²) in [7, 11) is 0. The fraction of sp³-hybridized carbons (Fsp3) is 0.200. The zero-order chi connectivity index (χ0) is 18.4. The smallest absolute Gasteiger partial charge is 0.255 e. The van der Waals surface area contributed by atoms with E-state index in [1.807, 2.05) is 12.1 Å². The zero-order valence-corrected chi connectivity index (χ0v) is 14.4. The molecule has 2 aromatic carbocycles. The molecule has 0 unspecified atom stereocenters. The van der Waals surface area contributed by atoms with Crippen molar-refractivity contribution in [1.29, 1.82) is 0 Å². The van der Waals surface area contributed by atoms with Crippen molar-refractivity contribution in [2.24, 2.45) is 5.73 Å². The topological polar surface area (TPSA) is 86.4 Å². The average Bonchev–Trinajstić information content (AvgIpc) is 3.07. The van der Waals surface area contributed by atoms with Crippen molar-refractivity contribution in [3.05, 3.63) is 66.4 Å². The minimum absolute atomic E-state index is 0.174. The van der Waals surface area contributed by atoms with Gasteiger partial charge in [0.1, 0.15) is 5.75 Å². The number of rotatable bonds is 8. The third kappa shape index (κ3) is 4.42. The molecule has 0 radical (unpaired) electrons.